The summed E-state index contributed by atoms with van der Waals surface area (Å²) in [6.07, 6.45) is -2.69. The molecule has 0 aliphatic carbocycles. The maximum Gasteiger partial charge on any atom is 0.420 e. The average Bonchev–Trinajstić information content (AvgIpc) is 3.13. The number of carbonyl (C=O) groups excluding carboxylic acids is 1. The van der Waals surface area contributed by atoms with Crippen LogP contribution in [0.5, 0.6) is 5.75 Å². The van der Waals surface area contributed by atoms with Gasteiger partial charge in [-0.3, -0.25) is 14.7 Å². The molecule has 2 aromatic carbocycles. The minimum Gasteiger partial charge on any atom is -0.491 e. The van der Waals surface area contributed by atoms with Gasteiger partial charge < -0.3 is 14.4 Å². The van der Waals surface area contributed by atoms with Crippen LogP contribution in [0.25, 0.3) is 11.3 Å². The summed E-state index contributed by atoms with van der Waals surface area (Å²) in [4.78, 5) is 19.2. The molecule has 14 heteroatoms. The van der Waals surface area contributed by atoms with E-state index in [1.807, 2.05) is 6.92 Å². The van der Waals surface area contributed by atoms with E-state index < -0.39 is 57.0 Å². The molecule has 7 nitrogen and oxygen atoms in total. The Hall–Kier alpha value is -4.22. The summed E-state index contributed by atoms with van der Waals surface area (Å²) in [5.74, 6) is -4.43. The molecule has 1 aromatic heterocycles. The molecule has 0 atom stereocenters. The first-order valence-corrected chi connectivity index (χ1v) is 13.8. The summed E-state index contributed by atoms with van der Waals surface area (Å²) in [7, 11) is 0. The van der Waals surface area contributed by atoms with Gasteiger partial charge in [0, 0.05) is 24.8 Å². The number of thiocarbonyl (C=S) groups is 1. The zero-order valence-corrected chi connectivity index (χ0v) is 24.6. The van der Waals surface area contributed by atoms with Crippen LogP contribution in [-0.2, 0) is 15.7 Å². The van der Waals surface area contributed by atoms with Crippen molar-refractivity contribution in [2.75, 3.05) is 29.6 Å². The van der Waals surface area contributed by atoms with Crippen molar-refractivity contribution in [1.82, 2.24) is 4.98 Å². The van der Waals surface area contributed by atoms with Crippen LogP contribution in [0.2, 0.25) is 0 Å². The summed E-state index contributed by atoms with van der Waals surface area (Å²) in [6, 6.07) is 7.68. The topological polar surface area (TPSA) is 78.7 Å². The van der Waals surface area contributed by atoms with E-state index in [1.165, 1.54) is 32.0 Å². The normalized spacial score (nSPS) is 14.7. The molecule has 0 N–H and O–H groups in total. The highest BCUT2D eigenvalue weighted by atomic mass is 32.1. The quantitative estimate of drug-likeness (QED) is 0.133. The number of hydrogen-bond donors (Lipinski definition) is 0. The SMILES string of the molecule is CCOCCCCOc1ccc(-c2ncc(N3C(=S)N(c4ccc(C#N)c(C(F)(F)F)c4F)C(=O)C3(C)C)cc2F)cc1F. The third kappa shape index (κ3) is 6.20. The van der Waals surface area contributed by atoms with Gasteiger partial charge in [-0.1, -0.05) is 0 Å². The van der Waals surface area contributed by atoms with Gasteiger partial charge >= 0.3 is 6.18 Å². The van der Waals surface area contributed by atoms with Crippen LogP contribution >= 0.6 is 12.2 Å². The van der Waals surface area contributed by atoms with Gasteiger partial charge in [-0.05, 0) is 76.2 Å². The maximum atomic E-state index is 15.4. The van der Waals surface area contributed by atoms with Gasteiger partial charge in [-0.2, -0.15) is 18.4 Å². The molecule has 0 radical (unpaired) electrons. The molecular formula is C30H26F6N4O3S. The Morgan fingerprint density at radius 3 is 2.36 bits per heavy atom. The second-order valence-corrected chi connectivity index (χ2v) is 10.5. The number of anilines is 2. The molecule has 0 spiro atoms. The van der Waals surface area contributed by atoms with Crippen molar-refractivity contribution in [2.45, 2.75) is 45.3 Å². The van der Waals surface area contributed by atoms with Crippen molar-refractivity contribution in [1.29, 1.82) is 5.26 Å². The first-order valence-electron chi connectivity index (χ1n) is 13.4. The van der Waals surface area contributed by atoms with Crippen molar-refractivity contribution < 1.29 is 40.6 Å². The summed E-state index contributed by atoms with van der Waals surface area (Å²) in [5, 5.41) is 8.62. The van der Waals surface area contributed by atoms with Gasteiger partial charge in [0.1, 0.15) is 16.8 Å². The lowest BCUT2D eigenvalue weighted by Crippen LogP contribution is -2.44. The highest BCUT2D eigenvalue weighted by Gasteiger charge is 2.52. The summed E-state index contributed by atoms with van der Waals surface area (Å²) in [5.41, 5.74) is -5.44. The Morgan fingerprint density at radius 2 is 1.75 bits per heavy atom. The lowest BCUT2D eigenvalue weighted by atomic mass is 10.0. The van der Waals surface area contributed by atoms with Crippen LogP contribution in [0.1, 0.15) is 44.7 Å². The third-order valence-corrected chi connectivity index (χ3v) is 7.23. The van der Waals surface area contributed by atoms with E-state index in [-0.39, 0.29) is 29.3 Å². The van der Waals surface area contributed by atoms with Crippen molar-refractivity contribution in [3.8, 4) is 23.1 Å². The number of alkyl halides is 3. The third-order valence-electron chi connectivity index (χ3n) is 6.87. The number of rotatable bonds is 10. The van der Waals surface area contributed by atoms with Crippen molar-refractivity contribution in [3.05, 3.63) is 71.2 Å². The lowest BCUT2D eigenvalue weighted by molar-refractivity contribution is -0.140. The van der Waals surface area contributed by atoms with Gasteiger partial charge in [-0.15, -0.1) is 0 Å². The maximum absolute atomic E-state index is 15.4. The number of halogens is 6. The molecule has 4 rings (SSSR count). The van der Waals surface area contributed by atoms with Crippen LogP contribution < -0.4 is 14.5 Å². The first kappa shape index (κ1) is 32.7. The Balaban J connectivity index is 1.61. The number of pyridine rings is 1. The predicted molar refractivity (Wildman–Crippen MR) is 154 cm³/mol. The fourth-order valence-electron chi connectivity index (χ4n) is 4.71. The average molecular weight is 637 g/mol. The van der Waals surface area contributed by atoms with E-state index in [9.17, 15) is 22.4 Å². The number of nitrogens with zero attached hydrogens (tertiary/aromatic N) is 4. The fourth-order valence-corrected chi connectivity index (χ4v) is 5.22. The molecule has 3 aromatic rings. The Labute approximate surface area is 254 Å². The number of ether oxygens (including phenoxy) is 2. The molecule has 1 amide bonds. The number of amides is 1. The smallest absolute Gasteiger partial charge is 0.420 e. The van der Waals surface area contributed by atoms with Crippen LogP contribution in [0.4, 0.5) is 37.7 Å². The highest BCUT2D eigenvalue weighted by Crippen LogP contribution is 2.42. The molecule has 0 saturated carbocycles. The fraction of sp³-hybridized carbons (Fsp3) is 0.333. The Kier molecular flexibility index (Phi) is 9.50. The van der Waals surface area contributed by atoms with E-state index in [0.717, 1.165) is 41.8 Å². The van der Waals surface area contributed by atoms with Gasteiger partial charge in [0.25, 0.3) is 5.91 Å². The lowest BCUT2D eigenvalue weighted by Gasteiger charge is -2.29. The van der Waals surface area contributed by atoms with Crippen LogP contribution in [0.15, 0.2) is 42.6 Å². The van der Waals surface area contributed by atoms with E-state index >= 15 is 8.78 Å². The van der Waals surface area contributed by atoms with E-state index in [0.29, 0.717) is 24.5 Å². The number of nitriles is 1. The second kappa shape index (κ2) is 12.8. The monoisotopic (exact) mass is 636 g/mol. The molecule has 1 fully saturated rings. The summed E-state index contributed by atoms with van der Waals surface area (Å²) in [6.45, 7) is 6.05. The van der Waals surface area contributed by atoms with Crippen LogP contribution in [0, 0.1) is 28.8 Å². The molecule has 0 unspecified atom stereocenters. The Bertz CT molecular complexity index is 1640. The summed E-state index contributed by atoms with van der Waals surface area (Å²) >= 11 is 5.37. The number of unbranched alkanes of at least 4 members (excludes halogenated alkanes) is 1. The molecule has 44 heavy (non-hydrogen) atoms. The van der Waals surface area contributed by atoms with Crippen LogP contribution in [0.3, 0.4) is 0 Å². The number of hydrogen-bond acceptors (Lipinski definition) is 6. The van der Waals surface area contributed by atoms with Gasteiger partial charge in [0.05, 0.1) is 35.8 Å². The minimum atomic E-state index is -5.24. The zero-order chi connectivity index (χ0) is 32.4. The number of carbonyl (C=O) groups is 1. The van der Waals surface area contributed by atoms with Gasteiger partial charge in [0.15, 0.2) is 28.3 Å². The standard InChI is InChI=1S/C30H26F6N4O3S/c1-4-42-11-5-6-12-43-23-10-8-17(13-20(23)31)26-21(32)14-19(16-38-26)40-28(44)39(27(41)29(40,2)3)22-9-7-18(15-37)24(25(22)33)30(34,35)36/h7-10,13-14,16H,4-6,11-12H2,1-3H3. The molecule has 1 aliphatic heterocycles. The molecule has 232 valence electrons. The molecular weight excluding hydrogens is 610 g/mol. The van der Waals surface area contributed by atoms with Crippen molar-refractivity contribution in [3.63, 3.8) is 0 Å². The highest BCUT2D eigenvalue weighted by molar-refractivity contribution is 7.81. The molecule has 2 heterocycles. The zero-order valence-electron chi connectivity index (χ0n) is 23.8. The molecule has 1 aliphatic rings. The van der Waals surface area contributed by atoms with Crippen molar-refractivity contribution >= 4 is 34.6 Å². The second-order valence-electron chi connectivity index (χ2n) is 10.2. The number of benzene rings is 2. The Morgan fingerprint density at radius 1 is 1.05 bits per heavy atom. The first-order chi connectivity index (χ1) is 20.7. The van der Waals surface area contributed by atoms with Gasteiger partial charge in [-0.25, -0.2) is 13.2 Å². The van der Waals surface area contributed by atoms with E-state index in [4.69, 9.17) is 27.0 Å². The van der Waals surface area contributed by atoms with Crippen LogP contribution in [-0.4, -0.2) is 41.4 Å². The minimum absolute atomic E-state index is 0.0197. The van der Waals surface area contributed by atoms with Crippen molar-refractivity contribution in [2.24, 2.45) is 0 Å². The predicted octanol–water partition coefficient (Wildman–Crippen LogP) is 7.17. The largest absolute Gasteiger partial charge is 0.491 e. The van der Waals surface area contributed by atoms with E-state index in [1.54, 1.807) is 0 Å². The van der Waals surface area contributed by atoms with E-state index in [2.05, 4.69) is 4.98 Å². The molecule has 0 bridgehead atoms. The van der Waals surface area contributed by atoms with Gasteiger partial charge in [0.2, 0.25) is 0 Å². The summed E-state index contributed by atoms with van der Waals surface area (Å²) < 4.78 is 96.8. The number of aromatic nitrogens is 1. The molecule has 1 saturated heterocycles.